The lowest BCUT2D eigenvalue weighted by molar-refractivity contribution is -0.137. The molecule has 0 amide bonds. The Labute approximate surface area is 158 Å². The first kappa shape index (κ1) is 18.9. The number of nitrogens with one attached hydrogen (secondary N) is 1. The number of benzene rings is 2. The average molecular weight is 391 g/mol. The molecule has 2 aromatic carbocycles. The lowest BCUT2D eigenvalue weighted by Crippen LogP contribution is -2.15. The van der Waals surface area contributed by atoms with Crippen LogP contribution >= 0.6 is 11.6 Å². The molecule has 1 heterocycles. The normalized spacial score (nSPS) is 11.9. The lowest BCUT2D eigenvalue weighted by Gasteiger charge is -2.07. The van der Waals surface area contributed by atoms with E-state index in [-0.39, 0.29) is 12.0 Å². The number of aromatic nitrogens is 2. The maximum absolute atomic E-state index is 12.6. The largest absolute Gasteiger partial charge is 0.416 e. The van der Waals surface area contributed by atoms with E-state index in [2.05, 4.69) is 10.2 Å². The number of rotatable bonds is 4. The van der Waals surface area contributed by atoms with Crippen LogP contribution in [-0.4, -0.2) is 10.2 Å². The molecule has 1 N–H and O–H groups in total. The van der Waals surface area contributed by atoms with Crippen molar-refractivity contribution in [3.63, 3.8) is 0 Å². The number of hydrogen-bond acceptors (Lipinski definition) is 2. The Morgan fingerprint density at radius 2 is 1.67 bits per heavy atom. The molecule has 0 atom stereocenters. The molecule has 0 bridgehead atoms. The molecule has 0 unspecified atom stereocenters. The van der Waals surface area contributed by atoms with Gasteiger partial charge in [-0.05, 0) is 47.5 Å². The predicted molar refractivity (Wildman–Crippen MR) is 99.5 cm³/mol. The van der Waals surface area contributed by atoms with Gasteiger partial charge in [0.15, 0.2) is 0 Å². The topological polar surface area (TPSA) is 45.8 Å². The first-order valence-electron chi connectivity index (χ1n) is 8.00. The zero-order valence-electron chi connectivity index (χ0n) is 13.9. The summed E-state index contributed by atoms with van der Waals surface area (Å²) >= 11 is 5.84. The van der Waals surface area contributed by atoms with Gasteiger partial charge in [0.25, 0.3) is 5.56 Å². The lowest BCUT2D eigenvalue weighted by atomic mass is 10.0. The van der Waals surface area contributed by atoms with Gasteiger partial charge < -0.3 is 0 Å². The van der Waals surface area contributed by atoms with Gasteiger partial charge in [0.2, 0.25) is 0 Å². The Kier molecular flexibility index (Phi) is 5.46. The van der Waals surface area contributed by atoms with Crippen molar-refractivity contribution in [2.75, 3.05) is 0 Å². The van der Waals surface area contributed by atoms with Crippen LogP contribution in [-0.2, 0) is 12.6 Å². The summed E-state index contributed by atoms with van der Waals surface area (Å²) in [5.74, 6) is 0. The van der Waals surface area contributed by atoms with Crippen LogP contribution in [0.1, 0.15) is 27.9 Å². The van der Waals surface area contributed by atoms with Gasteiger partial charge in [-0.15, -0.1) is 0 Å². The van der Waals surface area contributed by atoms with Gasteiger partial charge in [0.1, 0.15) is 0 Å². The molecule has 0 fully saturated rings. The maximum Gasteiger partial charge on any atom is 0.416 e. The zero-order valence-corrected chi connectivity index (χ0v) is 14.7. The van der Waals surface area contributed by atoms with Crippen LogP contribution in [0, 0.1) is 0 Å². The Hall–Kier alpha value is -2.86. The summed E-state index contributed by atoms with van der Waals surface area (Å²) in [5, 5.41) is 7.00. The molecule has 1 aromatic heterocycles. The maximum atomic E-state index is 12.6. The molecule has 0 saturated heterocycles. The predicted octanol–water partition coefficient (Wildman–Crippen LogP) is 5.20. The molecule has 7 heteroatoms. The van der Waals surface area contributed by atoms with Crippen molar-refractivity contribution in [1.82, 2.24) is 10.2 Å². The summed E-state index contributed by atoms with van der Waals surface area (Å²) in [4.78, 5) is 12.0. The van der Waals surface area contributed by atoms with E-state index >= 15 is 0 Å². The van der Waals surface area contributed by atoms with E-state index in [0.717, 1.165) is 17.7 Å². The molecule has 3 aromatic rings. The Morgan fingerprint density at radius 3 is 2.30 bits per heavy atom. The minimum Gasteiger partial charge on any atom is -0.268 e. The van der Waals surface area contributed by atoms with Gasteiger partial charge in [-0.2, -0.15) is 18.3 Å². The standard InChI is InChI=1S/C20H14ClF3N2O/c21-17-8-3-13(4-9-17)5-10-18-12-15(19(27)26-25-18)11-14-1-6-16(7-2-14)20(22,23)24/h1-10,12H,11H2,(H,26,27)/b10-5+. The fourth-order valence-corrected chi connectivity index (χ4v) is 2.59. The first-order chi connectivity index (χ1) is 12.8. The monoisotopic (exact) mass is 390 g/mol. The molecule has 138 valence electrons. The van der Waals surface area contributed by atoms with Crippen LogP contribution in [0.25, 0.3) is 12.2 Å². The van der Waals surface area contributed by atoms with E-state index in [9.17, 15) is 18.0 Å². The Bertz CT molecular complexity index is 1010. The summed E-state index contributed by atoms with van der Waals surface area (Å²) < 4.78 is 37.9. The molecule has 27 heavy (non-hydrogen) atoms. The van der Waals surface area contributed by atoms with E-state index in [4.69, 9.17) is 11.6 Å². The quantitative estimate of drug-likeness (QED) is 0.665. The van der Waals surface area contributed by atoms with Crippen molar-refractivity contribution in [3.8, 4) is 0 Å². The fourth-order valence-electron chi connectivity index (χ4n) is 2.47. The van der Waals surface area contributed by atoms with E-state index in [1.54, 1.807) is 24.3 Å². The second-order valence-electron chi connectivity index (χ2n) is 5.90. The first-order valence-corrected chi connectivity index (χ1v) is 8.37. The number of halogens is 4. The van der Waals surface area contributed by atoms with Crippen molar-refractivity contribution in [1.29, 1.82) is 0 Å². The number of alkyl halides is 3. The van der Waals surface area contributed by atoms with Gasteiger partial charge >= 0.3 is 6.18 Å². The van der Waals surface area contributed by atoms with Crippen molar-refractivity contribution < 1.29 is 13.2 Å². The highest BCUT2D eigenvalue weighted by atomic mass is 35.5. The molecule has 0 radical (unpaired) electrons. The van der Waals surface area contributed by atoms with Crippen LogP contribution in [0.2, 0.25) is 5.02 Å². The van der Waals surface area contributed by atoms with Gasteiger partial charge in [-0.1, -0.05) is 41.9 Å². The summed E-state index contributed by atoms with van der Waals surface area (Å²) in [6.45, 7) is 0. The second kappa shape index (κ2) is 7.80. The van der Waals surface area contributed by atoms with E-state index in [0.29, 0.717) is 21.8 Å². The fraction of sp³-hybridized carbons (Fsp3) is 0.100. The van der Waals surface area contributed by atoms with Gasteiger partial charge in [0, 0.05) is 17.0 Å². The summed E-state index contributed by atoms with van der Waals surface area (Å²) in [6.07, 6.45) is -0.627. The van der Waals surface area contributed by atoms with Crippen molar-refractivity contribution >= 4 is 23.8 Å². The zero-order chi connectivity index (χ0) is 19.4. The highest BCUT2D eigenvalue weighted by molar-refractivity contribution is 6.30. The Morgan fingerprint density at radius 1 is 1.00 bits per heavy atom. The number of nitrogens with zero attached hydrogens (tertiary/aromatic N) is 1. The van der Waals surface area contributed by atoms with E-state index < -0.39 is 11.7 Å². The second-order valence-corrected chi connectivity index (χ2v) is 6.34. The average Bonchev–Trinajstić information content (AvgIpc) is 2.63. The minimum atomic E-state index is -4.38. The molecule has 0 saturated carbocycles. The van der Waals surface area contributed by atoms with Gasteiger partial charge in [-0.25, -0.2) is 5.10 Å². The molecular weight excluding hydrogens is 377 g/mol. The number of aromatic amines is 1. The van der Waals surface area contributed by atoms with Crippen LogP contribution in [0.4, 0.5) is 13.2 Å². The van der Waals surface area contributed by atoms with Crippen LogP contribution in [0.5, 0.6) is 0 Å². The van der Waals surface area contributed by atoms with Crippen molar-refractivity contribution in [2.24, 2.45) is 0 Å². The highest BCUT2D eigenvalue weighted by Crippen LogP contribution is 2.29. The molecule has 3 rings (SSSR count). The number of hydrogen-bond donors (Lipinski definition) is 1. The molecule has 3 nitrogen and oxygen atoms in total. The molecule has 0 spiro atoms. The van der Waals surface area contributed by atoms with Crippen LogP contribution in [0.3, 0.4) is 0 Å². The third-order valence-corrected chi connectivity index (χ3v) is 4.14. The third-order valence-electron chi connectivity index (χ3n) is 3.89. The van der Waals surface area contributed by atoms with E-state index in [1.165, 1.54) is 12.1 Å². The Balaban J connectivity index is 1.79. The SMILES string of the molecule is O=c1[nH]nc(/C=C/c2ccc(Cl)cc2)cc1Cc1ccc(C(F)(F)F)cc1. The minimum absolute atomic E-state index is 0.206. The summed E-state index contributed by atoms with van der Waals surface area (Å²) in [7, 11) is 0. The number of H-pyrrole nitrogens is 1. The summed E-state index contributed by atoms with van der Waals surface area (Å²) in [5.41, 5.74) is 1.37. The smallest absolute Gasteiger partial charge is 0.268 e. The van der Waals surface area contributed by atoms with Crippen molar-refractivity contribution in [2.45, 2.75) is 12.6 Å². The molecule has 0 aliphatic heterocycles. The molecular formula is C20H14ClF3N2O. The van der Waals surface area contributed by atoms with Crippen molar-refractivity contribution in [3.05, 3.63) is 97.9 Å². The molecule has 0 aliphatic rings. The molecule has 0 aliphatic carbocycles. The highest BCUT2D eigenvalue weighted by Gasteiger charge is 2.29. The third kappa shape index (κ3) is 5.08. The van der Waals surface area contributed by atoms with Gasteiger partial charge in [0.05, 0.1) is 11.3 Å². The van der Waals surface area contributed by atoms with Crippen LogP contribution < -0.4 is 5.56 Å². The van der Waals surface area contributed by atoms with Gasteiger partial charge in [-0.3, -0.25) is 4.79 Å². The van der Waals surface area contributed by atoms with E-state index in [1.807, 2.05) is 18.2 Å². The summed E-state index contributed by atoms with van der Waals surface area (Å²) in [6, 6.07) is 13.6. The van der Waals surface area contributed by atoms with Crippen LogP contribution in [0.15, 0.2) is 59.4 Å².